The van der Waals surface area contributed by atoms with E-state index in [9.17, 15) is 13.2 Å². The van der Waals surface area contributed by atoms with Crippen LogP contribution in [0.2, 0.25) is 0 Å². The van der Waals surface area contributed by atoms with Gasteiger partial charge in [-0.05, 0) is 45.9 Å². The van der Waals surface area contributed by atoms with Gasteiger partial charge in [-0.1, -0.05) is 6.92 Å². The van der Waals surface area contributed by atoms with E-state index in [-0.39, 0.29) is 5.52 Å². The van der Waals surface area contributed by atoms with E-state index in [0.717, 1.165) is 22.8 Å². The first kappa shape index (κ1) is 17.3. The van der Waals surface area contributed by atoms with Gasteiger partial charge in [-0.3, -0.25) is 4.98 Å². The molecule has 0 aliphatic heterocycles. The Bertz CT molecular complexity index is 905. The van der Waals surface area contributed by atoms with Crippen molar-refractivity contribution >= 4 is 38.7 Å². The molecule has 24 heavy (non-hydrogen) atoms. The molecule has 0 aliphatic rings. The average Bonchev–Trinajstić information content (AvgIpc) is 2.85. The van der Waals surface area contributed by atoms with Crippen molar-refractivity contribution in [2.24, 2.45) is 7.05 Å². The Labute approximate surface area is 149 Å². The molecule has 0 unspecified atom stereocenters. The van der Waals surface area contributed by atoms with Crippen LogP contribution in [-0.4, -0.2) is 20.3 Å². The third kappa shape index (κ3) is 3.04. The van der Waals surface area contributed by atoms with Gasteiger partial charge in [-0.25, -0.2) is 4.98 Å². The van der Waals surface area contributed by atoms with E-state index >= 15 is 0 Å². The molecular weight excluding hydrogens is 403 g/mol. The zero-order valence-corrected chi connectivity index (χ0v) is 15.3. The van der Waals surface area contributed by atoms with Gasteiger partial charge >= 0.3 is 6.18 Å². The summed E-state index contributed by atoms with van der Waals surface area (Å²) in [5, 5.41) is 0. The first-order chi connectivity index (χ1) is 11.3. The van der Waals surface area contributed by atoms with Crippen molar-refractivity contribution in [3.05, 3.63) is 40.5 Å². The lowest BCUT2D eigenvalue weighted by molar-refractivity contribution is -0.137. The molecule has 0 atom stereocenters. The predicted octanol–water partition coefficient (Wildman–Crippen LogP) is 5.53. The van der Waals surface area contributed by atoms with Crippen molar-refractivity contribution in [2.45, 2.75) is 18.0 Å². The number of fused-ring (bicyclic) bond motifs is 1. The van der Waals surface area contributed by atoms with Gasteiger partial charge in [-0.2, -0.15) is 13.2 Å². The standard InChI is InChI=1S/C16H13BrF3N3S/c1-3-24-12-5-4-6-21-13(12)15-22-11-8-9(16(18,19)20)7-10(17)14(11)23(15)2/h4-8H,3H2,1-2H3. The number of thioether (sulfide) groups is 1. The SMILES string of the molecule is CCSc1cccnc1-c1nc2cc(C(F)(F)F)cc(Br)c2n1C. The van der Waals surface area contributed by atoms with Gasteiger partial charge in [0.05, 0.1) is 16.6 Å². The van der Waals surface area contributed by atoms with Crippen LogP contribution in [0, 0.1) is 0 Å². The van der Waals surface area contributed by atoms with Crippen molar-refractivity contribution in [1.29, 1.82) is 0 Å². The molecule has 1 aromatic carbocycles. The number of benzene rings is 1. The molecule has 126 valence electrons. The number of hydrogen-bond donors (Lipinski definition) is 0. The minimum absolute atomic E-state index is 0.285. The Morgan fingerprint density at radius 2 is 2.04 bits per heavy atom. The van der Waals surface area contributed by atoms with E-state index in [1.165, 1.54) is 0 Å². The molecule has 0 saturated carbocycles. The molecule has 0 N–H and O–H groups in total. The third-order valence-corrected chi connectivity index (χ3v) is 5.07. The van der Waals surface area contributed by atoms with Crippen molar-refractivity contribution in [3.63, 3.8) is 0 Å². The predicted molar refractivity (Wildman–Crippen MR) is 93.0 cm³/mol. The number of aryl methyl sites for hydroxylation is 1. The summed E-state index contributed by atoms with van der Waals surface area (Å²) in [7, 11) is 1.78. The highest BCUT2D eigenvalue weighted by Crippen LogP contribution is 2.37. The molecule has 8 heteroatoms. The molecule has 0 spiro atoms. The van der Waals surface area contributed by atoms with E-state index < -0.39 is 11.7 Å². The van der Waals surface area contributed by atoms with Gasteiger partial charge in [0.15, 0.2) is 5.82 Å². The van der Waals surface area contributed by atoms with Crippen LogP contribution in [0.3, 0.4) is 0 Å². The normalized spacial score (nSPS) is 12.1. The van der Waals surface area contributed by atoms with E-state index in [2.05, 4.69) is 25.9 Å². The second-order valence-electron chi connectivity index (χ2n) is 5.10. The molecule has 3 rings (SSSR count). The van der Waals surface area contributed by atoms with E-state index in [1.54, 1.807) is 29.6 Å². The number of imidazole rings is 1. The lowest BCUT2D eigenvalue weighted by Gasteiger charge is -2.09. The summed E-state index contributed by atoms with van der Waals surface area (Å²) in [6, 6.07) is 5.92. The number of pyridine rings is 1. The lowest BCUT2D eigenvalue weighted by atomic mass is 10.2. The summed E-state index contributed by atoms with van der Waals surface area (Å²) in [6.45, 7) is 2.03. The minimum atomic E-state index is -4.41. The highest BCUT2D eigenvalue weighted by molar-refractivity contribution is 9.10. The molecular formula is C16H13BrF3N3S. The Balaban J connectivity index is 2.25. The van der Waals surface area contributed by atoms with Crippen LogP contribution < -0.4 is 0 Å². The second-order valence-corrected chi connectivity index (χ2v) is 7.26. The molecule has 0 bridgehead atoms. The maximum Gasteiger partial charge on any atom is 0.416 e. The van der Waals surface area contributed by atoms with Crippen molar-refractivity contribution in [1.82, 2.24) is 14.5 Å². The lowest BCUT2D eigenvalue weighted by Crippen LogP contribution is -2.05. The molecule has 0 amide bonds. The zero-order valence-electron chi connectivity index (χ0n) is 12.9. The van der Waals surface area contributed by atoms with Crippen molar-refractivity contribution < 1.29 is 13.2 Å². The monoisotopic (exact) mass is 415 g/mol. The summed E-state index contributed by atoms with van der Waals surface area (Å²) >= 11 is 4.86. The van der Waals surface area contributed by atoms with Crippen molar-refractivity contribution in [3.8, 4) is 11.5 Å². The van der Waals surface area contributed by atoms with Gasteiger partial charge in [0.2, 0.25) is 0 Å². The van der Waals surface area contributed by atoms with Gasteiger partial charge < -0.3 is 4.57 Å². The molecule has 0 radical (unpaired) electrons. The zero-order chi connectivity index (χ0) is 17.5. The largest absolute Gasteiger partial charge is 0.416 e. The molecule has 2 aromatic heterocycles. The van der Waals surface area contributed by atoms with Crippen LogP contribution in [0.4, 0.5) is 13.2 Å². The molecule has 3 nitrogen and oxygen atoms in total. The fourth-order valence-corrected chi connectivity index (χ4v) is 3.98. The van der Waals surface area contributed by atoms with Crippen LogP contribution >= 0.6 is 27.7 Å². The number of rotatable bonds is 3. The van der Waals surface area contributed by atoms with Crippen molar-refractivity contribution in [2.75, 3.05) is 5.75 Å². The smallest absolute Gasteiger partial charge is 0.325 e. The Morgan fingerprint density at radius 3 is 2.71 bits per heavy atom. The number of nitrogens with zero attached hydrogens (tertiary/aromatic N) is 3. The molecule has 0 saturated heterocycles. The number of alkyl halides is 3. The summed E-state index contributed by atoms with van der Waals surface area (Å²) in [5.74, 6) is 1.41. The van der Waals surface area contributed by atoms with E-state index in [0.29, 0.717) is 21.5 Å². The van der Waals surface area contributed by atoms with Gasteiger partial charge in [0, 0.05) is 22.6 Å². The maximum absolute atomic E-state index is 13.0. The topological polar surface area (TPSA) is 30.7 Å². The quantitative estimate of drug-likeness (QED) is 0.527. The second kappa shape index (κ2) is 6.40. The van der Waals surface area contributed by atoms with Gasteiger partial charge in [0.25, 0.3) is 0 Å². The van der Waals surface area contributed by atoms with Crippen LogP contribution in [0.15, 0.2) is 39.8 Å². The Morgan fingerprint density at radius 1 is 1.29 bits per heavy atom. The summed E-state index contributed by atoms with van der Waals surface area (Å²) < 4.78 is 41.2. The number of halogens is 4. The summed E-state index contributed by atoms with van der Waals surface area (Å²) in [4.78, 5) is 9.75. The highest BCUT2D eigenvalue weighted by Gasteiger charge is 2.32. The molecule has 2 heterocycles. The van der Waals surface area contributed by atoms with Gasteiger partial charge in [0.1, 0.15) is 5.69 Å². The first-order valence-corrected chi connectivity index (χ1v) is 8.92. The number of hydrogen-bond acceptors (Lipinski definition) is 3. The molecule has 0 fully saturated rings. The van der Waals surface area contributed by atoms with Crippen LogP contribution in [-0.2, 0) is 13.2 Å². The average molecular weight is 416 g/mol. The molecule has 3 aromatic rings. The summed E-state index contributed by atoms with van der Waals surface area (Å²) in [5.41, 5.74) is 0.836. The van der Waals surface area contributed by atoms with Gasteiger partial charge in [-0.15, -0.1) is 11.8 Å². The van der Waals surface area contributed by atoms with Crippen LogP contribution in [0.1, 0.15) is 12.5 Å². The van der Waals surface area contributed by atoms with Crippen LogP contribution in [0.5, 0.6) is 0 Å². The van der Waals surface area contributed by atoms with E-state index in [1.807, 2.05) is 19.1 Å². The highest BCUT2D eigenvalue weighted by atomic mass is 79.9. The minimum Gasteiger partial charge on any atom is -0.325 e. The summed E-state index contributed by atoms with van der Waals surface area (Å²) in [6.07, 6.45) is -2.76. The van der Waals surface area contributed by atoms with Crippen LogP contribution in [0.25, 0.3) is 22.6 Å². The van der Waals surface area contributed by atoms with E-state index in [4.69, 9.17) is 0 Å². The fourth-order valence-electron chi connectivity index (χ4n) is 2.50. The maximum atomic E-state index is 13.0. The number of aromatic nitrogens is 3. The Kier molecular flexibility index (Phi) is 4.61. The Hall–Kier alpha value is -1.54. The first-order valence-electron chi connectivity index (χ1n) is 7.14. The third-order valence-electron chi connectivity index (χ3n) is 3.53. The molecule has 0 aliphatic carbocycles. The fraction of sp³-hybridized carbons (Fsp3) is 0.250.